The van der Waals surface area contributed by atoms with Gasteiger partial charge >= 0.3 is 0 Å². The highest BCUT2D eigenvalue weighted by atomic mass is 79.9. The Morgan fingerprint density at radius 3 is 2.35 bits per heavy atom. The van der Waals surface area contributed by atoms with Crippen molar-refractivity contribution in [1.82, 2.24) is 14.5 Å². The number of hydrogen-bond donors (Lipinski definition) is 0. The molecule has 11 heteroatoms. The lowest BCUT2D eigenvalue weighted by atomic mass is 9.94. The lowest BCUT2D eigenvalue weighted by Crippen LogP contribution is -2.25. The Labute approximate surface area is 208 Å². The summed E-state index contributed by atoms with van der Waals surface area (Å²) in [5.74, 6) is 1.38. The molecule has 184 valence electrons. The van der Waals surface area contributed by atoms with Gasteiger partial charge in [0.2, 0.25) is 9.84 Å². The van der Waals surface area contributed by atoms with Crippen LogP contribution in [0.25, 0.3) is 11.0 Å². The fourth-order valence-corrected chi connectivity index (χ4v) is 7.10. The number of ether oxygens (including phenoxy) is 1. The molecule has 1 aliphatic heterocycles. The third-order valence-corrected chi connectivity index (χ3v) is 9.60. The van der Waals surface area contributed by atoms with Crippen LogP contribution in [0.1, 0.15) is 39.4 Å². The molecule has 0 saturated carbocycles. The van der Waals surface area contributed by atoms with Crippen LogP contribution in [0, 0.1) is 5.92 Å². The summed E-state index contributed by atoms with van der Waals surface area (Å²) in [6.07, 6.45) is 4.08. The average Bonchev–Trinajstić information content (AvgIpc) is 3.12. The second-order valence-electron chi connectivity index (χ2n) is 9.74. The fourth-order valence-electron chi connectivity index (χ4n) is 4.14. The van der Waals surface area contributed by atoms with E-state index in [2.05, 4.69) is 46.3 Å². The zero-order valence-electron chi connectivity index (χ0n) is 19.6. The first kappa shape index (κ1) is 25.3. The molecule has 2 aromatic heterocycles. The molecule has 1 aromatic carbocycles. The smallest absolute Gasteiger partial charge is 0.225 e. The largest absolute Gasteiger partial charge is 0.381 e. The Morgan fingerprint density at radius 1 is 1.09 bits per heavy atom. The minimum absolute atomic E-state index is 0.0523. The molecular weight excluding hydrogens is 542 g/mol. The van der Waals surface area contributed by atoms with Crippen LogP contribution in [0.4, 0.5) is 0 Å². The molecule has 0 radical (unpaired) electrons. The summed E-state index contributed by atoms with van der Waals surface area (Å²) in [6, 6.07) is 6.18. The van der Waals surface area contributed by atoms with E-state index in [-0.39, 0.29) is 24.7 Å². The minimum atomic E-state index is -4.01. The number of nitrogens with zero attached hydrogens (tertiary/aromatic N) is 3. The van der Waals surface area contributed by atoms with Crippen LogP contribution in [0.2, 0.25) is 0 Å². The van der Waals surface area contributed by atoms with Gasteiger partial charge in [0.1, 0.15) is 5.82 Å². The SMILES string of the molecule is CC(C)(C)c1nc2cc(S(=O)(=O)c3ncc(S(C)(=O)=O)cc3Br)ccc2n1CC1CCOCC1. The first-order valence-electron chi connectivity index (χ1n) is 11.0. The highest BCUT2D eigenvalue weighted by molar-refractivity contribution is 9.10. The molecule has 0 bridgehead atoms. The molecule has 1 saturated heterocycles. The molecule has 0 unspecified atom stereocenters. The van der Waals surface area contributed by atoms with Gasteiger partial charge in [0.25, 0.3) is 0 Å². The van der Waals surface area contributed by atoms with Crippen LogP contribution in [0.3, 0.4) is 0 Å². The average molecular weight is 571 g/mol. The van der Waals surface area contributed by atoms with Crippen molar-refractivity contribution in [3.63, 3.8) is 0 Å². The molecule has 3 aromatic rings. The van der Waals surface area contributed by atoms with Gasteiger partial charge in [-0.25, -0.2) is 26.8 Å². The Balaban J connectivity index is 1.79. The van der Waals surface area contributed by atoms with E-state index in [4.69, 9.17) is 9.72 Å². The third-order valence-electron chi connectivity index (χ3n) is 5.95. The van der Waals surface area contributed by atoms with E-state index in [1.54, 1.807) is 18.2 Å². The summed E-state index contributed by atoms with van der Waals surface area (Å²) in [5, 5.41) is -0.239. The highest BCUT2D eigenvalue weighted by Gasteiger charge is 2.28. The van der Waals surface area contributed by atoms with Crippen molar-refractivity contribution in [2.75, 3.05) is 19.5 Å². The molecule has 1 aliphatic rings. The van der Waals surface area contributed by atoms with Crippen molar-refractivity contribution < 1.29 is 21.6 Å². The van der Waals surface area contributed by atoms with E-state index in [0.717, 1.165) is 56.4 Å². The van der Waals surface area contributed by atoms with E-state index in [9.17, 15) is 16.8 Å². The number of benzene rings is 1. The first-order valence-corrected chi connectivity index (χ1v) is 15.1. The van der Waals surface area contributed by atoms with Crippen LogP contribution in [-0.4, -0.2) is 50.8 Å². The van der Waals surface area contributed by atoms with E-state index in [1.165, 1.54) is 6.07 Å². The summed E-state index contributed by atoms with van der Waals surface area (Å²) < 4.78 is 58.1. The Hall–Kier alpha value is -1.82. The van der Waals surface area contributed by atoms with Crippen molar-refractivity contribution in [3.8, 4) is 0 Å². The number of pyridine rings is 1. The number of hydrogen-bond acceptors (Lipinski definition) is 7. The summed E-state index contributed by atoms with van der Waals surface area (Å²) in [6.45, 7) is 8.60. The standard InChI is InChI=1S/C23H28BrN3O5S2/c1-23(2,3)22-26-19-12-16(5-6-20(19)27(22)14-15-7-9-32-10-8-15)34(30,31)21-18(24)11-17(13-25-21)33(4,28)29/h5-6,11-13,15H,7-10,14H2,1-4H3. The molecule has 4 rings (SSSR count). The summed E-state index contributed by atoms with van der Waals surface area (Å²) in [7, 11) is -7.53. The van der Waals surface area contributed by atoms with E-state index < -0.39 is 19.7 Å². The molecule has 3 heterocycles. The van der Waals surface area contributed by atoms with E-state index in [1.807, 2.05) is 0 Å². The molecule has 8 nitrogen and oxygen atoms in total. The lowest BCUT2D eigenvalue weighted by molar-refractivity contribution is 0.0611. The molecule has 0 amide bonds. The van der Waals surface area contributed by atoms with Crippen LogP contribution in [0.5, 0.6) is 0 Å². The van der Waals surface area contributed by atoms with Gasteiger partial charge in [-0.1, -0.05) is 20.8 Å². The monoisotopic (exact) mass is 569 g/mol. The number of aromatic nitrogens is 3. The van der Waals surface area contributed by atoms with Crippen LogP contribution >= 0.6 is 15.9 Å². The maximum absolute atomic E-state index is 13.4. The highest BCUT2D eigenvalue weighted by Crippen LogP contribution is 2.33. The fraction of sp³-hybridized carbons (Fsp3) is 0.478. The molecule has 1 fully saturated rings. The normalized spacial score (nSPS) is 16.3. The molecule has 0 spiro atoms. The summed E-state index contributed by atoms with van der Waals surface area (Å²) in [4.78, 5) is 8.80. The van der Waals surface area contributed by atoms with Crippen molar-refractivity contribution in [3.05, 3.63) is 40.8 Å². The number of sulfone groups is 2. The maximum Gasteiger partial charge on any atom is 0.225 e. The van der Waals surface area contributed by atoms with Crippen LogP contribution in [-0.2, 0) is 36.4 Å². The maximum atomic E-state index is 13.4. The molecule has 34 heavy (non-hydrogen) atoms. The van der Waals surface area contributed by atoms with Gasteiger partial charge in [0, 0.05) is 37.6 Å². The Morgan fingerprint density at radius 2 is 1.76 bits per heavy atom. The second kappa shape index (κ2) is 9.00. The van der Waals surface area contributed by atoms with Gasteiger partial charge in [0.05, 0.1) is 25.3 Å². The van der Waals surface area contributed by atoms with E-state index >= 15 is 0 Å². The van der Waals surface area contributed by atoms with Gasteiger partial charge in [0.15, 0.2) is 14.9 Å². The second-order valence-corrected chi connectivity index (χ2v) is 14.5. The summed E-state index contributed by atoms with van der Waals surface area (Å²) >= 11 is 3.18. The van der Waals surface area contributed by atoms with Gasteiger partial charge in [-0.15, -0.1) is 0 Å². The van der Waals surface area contributed by atoms with Crippen molar-refractivity contribution in [2.24, 2.45) is 5.92 Å². The zero-order valence-corrected chi connectivity index (χ0v) is 22.8. The predicted molar refractivity (Wildman–Crippen MR) is 132 cm³/mol. The Bertz CT molecular complexity index is 1450. The van der Waals surface area contributed by atoms with Crippen LogP contribution in [0.15, 0.2) is 49.8 Å². The number of fused-ring (bicyclic) bond motifs is 1. The predicted octanol–water partition coefficient (Wildman–Crippen LogP) is 4.15. The first-order chi connectivity index (χ1) is 15.8. The number of halogens is 1. The lowest BCUT2D eigenvalue weighted by Gasteiger charge is -2.26. The Kier molecular flexibility index (Phi) is 6.69. The molecular formula is C23H28BrN3O5S2. The topological polar surface area (TPSA) is 108 Å². The van der Waals surface area contributed by atoms with Crippen molar-refractivity contribution >= 4 is 46.6 Å². The van der Waals surface area contributed by atoms with E-state index in [0.29, 0.717) is 11.4 Å². The van der Waals surface area contributed by atoms with Gasteiger partial charge < -0.3 is 9.30 Å². The quantitative estimate of drug-likeness (QED) is 0.454. The molecule has 0 N–H and O–H groups in total. The summed E-state index contributed by atoms with van der Waals surface area (Å²) in [5.41, 5.74) is 1.26. The zero-order chi connectivity index (χ0) is 24.9. The van der Waals surface area contributed by atoms with Crippen molar-refractivity contribution in [1.29, 1.82) is 0 Å². The minimum Gasteiger partial charge on any atom is -0.381 e. The molecule has 0 atom stereocenters. The number of imidazole rings is 1. The molecule has 0 aliphatic carbocycles. The van der Waals surface area contributed by atoms with Crippen LogP contribution < -0.4 is 0 Å². The third kappa shape index (κ3) is 4.93. The van der Waals surface area contributed by atoms with Crippen molar-refractivity contribution in [2.45, 2.75) is 60.4 Å². The van der Waals surface area contributed by atoms with Gasteiger partial charge in [-0.3, -0.25) is 0 Å². The van der Waals surface area contributed by atoms with Gasteiger partial charge in [-0.05, 0) is 59.0 Å². The number of rotatable bonds is 5. The van der Waals surface area contributed by atoms with Gasteiger partial charge in [-0.2, -0.15) is 0 Å².